The van der Waals surface area contributed by atoms with Gasteiger partial charge in [0.25, 0.3) is 0 Å². The number of nitrogens with zero attached hydrogens (tertiary/aromatic N) is 3. The number of halogens is 1. The summed E-state index contributed by atoms with van der Waals surface area (Å²) in [5.74, 6) is 1.72. The minimum Gasteiger partial charge on any atom is -0.504 e. The largest absolute Gasteiger partial charge is 0.504 e. The van der Waals surface area contributed by atoms with Gasteiger partial charge in [0.05, 0.1) is 7.11 Å². The van der Waals surface area contributed by atoms with Crippen molar-refractivity contribution in [2.24, 2.45) is 0 Å². The highest BCUT2D eigenvalue weighted by molar-refractivity contribution is 6.30. The lowest BCUT2D eigenvalue weighted by molar-refractivity contribution is 0.373. The zero-order valence-corrected chi connectivity index (χ0v) is 15.7. The van der Waals surface area contributed by atoms with Crippen LogP contribution in [0.5, 0.6) is 11.5 Å². The van der Waals surface area contributed by atoms with Crippen molar-refractivity contribution >= 4 is 40.0 Å². The number of phenolic OH excluding ortho intramolecular Hbond substituents is 1. The highest BCUT2D eigenvalue weighted by Crippen LogP contribution is 2.30. The molecule has 0 fully saturated rings. The molecule has 9 heteroatoms. The van der Waals surface area contributed by atoms with E-state index < -0.39 is 0 Å². The number of fused-ring (bicyclic) bond motifs is 1. The van der Waals surface area contributed by atoms with Crippen LogP contribution in [0.15, 0.2) is 48.8 Å². The molecule has 2 heterocycles. The topological polar surface area (TPSA) is 108 Å². The van der Waals surface area contributed by atoms with E-state index in [0.29, 0.717) is 34.6 Å². The molecule has 8 nitrogen and oxygen atoms in total. The van der Waals surface area contributed by atoms with Crippen molar-refractivity contribution in [3.05, 3.63) is 59.4 Å². The van der Waals surface area contributed by atoms with E-state index in [1.54, 1.807) is 24.3 Å². The van der Waals surface area contributed by atoms with Gasteiger partial charge in [0.2, 0.25) is 0 Å². The minimum absolute atomic E-state index is 0.0953. The minimum atomic E-state index is 0.0953. The molecule has 142 valence electrons. The van der Waals surface area contributed by atoms with Gasteiger partial charge in [-0.1, -0.05) is 23.7 Å². The molecule has 0 unspecified atom stereocenters. The molecule has 0 radical (unpaired) electrons. The molecule has 4 rings (SSSR count). The Morgan fingerprint density at radius 1 is 1.14 bits per heavy atom. The first kappa shape index (κ1) is 17.9. The summed E-state index contributed by atoms with van der Waals surface area (Å²) < 4.78 is 5.15. The lowest BCUT2D eigenvalue weighted by Crippen LogP contribution is -2.02. The van der Waals surface area contributed by atoms with Crippen molar-refractivity contribution in [1.29, 1.82) is 0 Å². The maximum Gasteiger partial charge on any atom is 0.162 e. The number of aromatic nitrogens is 4. The van der Waals surface area contributed by atoms with Gasteiger partial charge in [-0.25, -0.2) is 9.97 Å². The van der Waals surface area contributed by atoms with Gasteiger partial charge >= 0.3 is 0 Å². The summed E-state index contributed by atoms with van der Waals surface area (Å²) in [5.41, 5.74) is 2.33. The van der Waals surface area contributed by atoms with Crippen LogP contribution >= 0.6 is 11.6 Å². The van der Waals surface area contributed by atoms with Crippen molar-refractivity contribution in [2.75, 3.05) is 17.7 Å². The number of aromatic amines is 1. The molecule has 2 aromatic carbocycles. The van der Waals surface area contributed by atoms with Gasteiger partial charge in [-0.2, -0.15) is 5.10 Å². The average molecular weight is 397 g/mol. The van der Waals surface area contributed by atoms with E-state index in [2.05, 4.69) is 30.8 Å². The van der Waals surface area contributed by atoms with Gasteiger partial charge < -0.3 is 20.5 Å². The number of ether oxygens (including phenoxy) is 1. The van der Waals surface area contributed by atoms with Gasteiger partial charge in [0.15, 0.2) is 23.0 Å². The summed E-state index contributed by atoms with van der Waals surface area (Å²) in [4.78, 5) is 8.57. The molecule has 0 aliphatic rings. The Kier molecular flexibility index (Phi) is 4.86. The number of anilines is 3. The van der Waals surface area contributed by atoms with Gasteiger partial charge in [-0.15, -0.1) is 0 Å². The Morgan fingerprint density at radius 2 is 2.04 bits per heavy atom. The fourth-order valence-electron chi connectivity index (χ4n) is 2.80. The highest BCUT2D eigenvalue weighted by Gasteiger charge is 2.13. The summed E-state index contributed by atoms with van der Waals surface area (Å²) in [6, 6.07) is 12.5. The lowest BCUT2D eigenvalue weighted by Gasteiger charge is -2.10. The Balaban J connectivity index is 1.61. The van der Waals surface area contributed by atoms with E-state index in [0.717, 1.165) is 16.6 Å². The number of methoxy groups -OCH3 is 1. The number of aromatic hydroxyl groups is 1. The third-order valence-corrected chi connectivity index (χ3v) is 4.38. The Morgan fingerprint density at radius 3 is 2.86 bits per heavy atom. The van der Waals surface area contributed by atoms with Crippen LogP contribution in [0.1, 0.15) is 5.56 Å². The number of H-pyrrole nitrogens is 1. The Labute approximate surface area is 165 Å². The van der Waals surface area contributed by atoms with Crippen molar-refractivity contribution in [3.63, 3.8) is 0 Å². The van der Waals surface area contributed by atoms with Crippen molar-refractivity contribution in [1.82, 2.24) is 20.2 Å². The first-order valence-electron chi connectivity index (χ1n) is 8.45. The quantitative estimate of drug-likeness (QED) is 0.389. The molecule has 0 spiro atoms. The fraction of sp³-hybridized carbons (Fsp3) is 0.105. The maximum atomic E-state index is 9.73. The monoisotopic (exact) mass is 396 g/mol. The van der Waals surface area contributed by atoms with E-state index >= 15 is 0 Å². The smallest absolute Gasteiger partial charge is 0.162 e. The molecule has 0 aliphatic carbocycles. The molecular formula is C19H17ClN6O2. The molecule has 0 amide bonds. The van der Waals surface area contributed by atoms with E-state index in [-0.39, 0.29) is 5.75 Å². The molecule has 0 saturated carbocycles. The van der Waals surface area contributed by atoms with Gasteiger partial charge in [0.1, 0.15) is 17.5 Å². The van der Waals surface area contributed by atoms with Gasteiger partial charge in [-0.3, -0.25) is 5.10 Å². The van der Waals surface area contributed by atoms with Gasteiger partial charge in [-0.05, 0) is 35.9 Å². The van der Waals surface area contributed by atoms with E-state index in [9.17, 15) is 5.11 Å². The highest BCUT2D eigenvalue weighted by atomic mass is 35.5. The van der Waals surface area contributed by atoms with Gasteiger partial charge in [0, 0.05) is 17.3 Å². The van der Waals surface area contributed by atoms with E-state index in [1.165, 1.54) is 13.4 Å². The molecule has 4 aromatic rings. The first-order valence-corrected chi connectivity index (χ1v) is 8.83. The summed E-state index contributed by atoms with van der Waals surface area (Å²) in [5, 5.41) is 24.8. The van der Waals surface area contributed by atoms with Crippen LogP contribution in [0.3, 0.4) is 0 Å². The molecule has 2 aromatic heterocycles. The molecule has 28 heavy (non-hydrogen) atoms. The number of rotatable bonds is 6. The van der Waals surface area contributed by atoms with Crippen LogP contribution in [0, 0.1) is 0 Å². The summed E-state index contributed by atoms with van der Waals surface area (Å²) in [6.07, 6.45) is 1.46. The Bertz CT molecular complexity index is 1130. The van der Waals surface area contributed by atoms with Crippen LogP contribution in [0.4, 0.5) is 17.3 Å². The zero-order valence-electron chi connectivity index (χ0n) is 14.9. The van der Waals surface area contributed by atoms with E-state index in [4.69, 9.17) is 16.3 Å². The van der Waals surface area contributed by atoms with Crippen LogP contribution < -0.4 is 15.4 Å². The molecule has 0 aliphatic heterocycles. The van der Waals surface area contributed by atoms with Crippen LogP contribution in [-0.4, -0.2) is 32.4 Å². The zero-order chi connectivity index (χ0) is 19.5. The number of hydrogen-bond donors (Lipinski definition) is 4. The third-order valence-electron chi connectivity index (χ3n) is 4.15. The molecule has 0 bridgehead atoms. The maximum absolute atomic E-state index is 9.73. The number of nitrogens with one attached hydrogen (secondary N) is 3. The second kappa shape index (κ2) is 7.61. The van der Waals surface area contributed by atoms with Crippen LogP contribution in [-0.2, 0) is 6.54 Å². The Hall–Kier alpha value is -3.52. The molecule has 4 N–H and O–H groups in total. The normalized spacial score (nSPS) is 10.8. The standard InChI is InChI=1S/C19H17ClN6O2/c1-28-15-7-11(5-6-14(15)27)9-21-18-16-17(22-10-23-19(16)26-25-18)24-13-4-2-3-12(20)8-13/h2-8,10,27H,9H2,1H3,(H3,21,22,23,24,25,26). The second-order valence-corrected chi connectivity index (χ2v) is 6.45. The number of phenols is 1. The van der Waals surface area contributed by atoms with Crippen LogP contribution in [0.25, 0.3) is 11.0 Å². The summed E-state index contributed by atoms with van der Waals surface area (Å²) in [6.45, 7) is 0.474. The van der Waals surface area contributed by atoms with E-state index in [1.807, 2.05) is 18.2 Å². The summed E-state index contributed by atoms with van der Waals surface area (Å²) >= 11 is 6.06. The predicted octanol–water partition coefficient (Wildman–Crippen LogP) is 4.08. The SMILES string of the molecule is COc1cc(CNc2n[nH]c3ncnc(Nc4cccc(Cl)c4)c23)ccc1O. The van der Waals surface area contributed by atoms with Crippen LogP contribution in [0.2, 0.25) is 5.02 Å². The second-order valence-electron chi connectivity index (χ2n) is 6.01. The van der Waals surface area contributed by atoms with Crippen molar-refractivity contribution < 1.29 is 9.84 Å². The molecule has 0 atom stereocenters. The lowest BCUT2D eigenvalue weighted by atomic mass is 10.2. The number of benzene rings is 2. The third kappa shape index (κ3) is 3.63. The molecule has 0 saturated heterocycles. The number of hydrogen-bond acceptors (Lipinski definition) is 7. The average Bonchev–Trinajstić information content (AvgIpc) is 3.11. The first-order chi connectivity index (χ1) is 13.6. The summed E-state index contributed by atoms with van der Waals surface area (Å²) in [7, 11) is 1.51. The molecular weight excluding hydrogens is 380 g/mol. The fourth-order valence-corrected chi connectivity index (χ4v) is 2.99. The van der Waals surface area contributed by atoms with Crippen molar-refractivity contribution in [2.45, 2.75) is 6.54 Å². The van der Waals surface area contributed by atoms with Crippen molar-refractivity contribution in [3.8, 4) is 11.5 Å². The predicted molar refractivity (Wildman–Crippen MR) is 108 cm³/mol.